The number of carbonyl (C=O) groups excluding carboxylic acids is 3. The Morgan fingerprint density at radius 1 is 1.25 bits per heavy atom. The molecule has 11 heteroatoms. The minimum atomic E-state index is -4.62. The Kier molecular flexibility index (Phi) is 6.53. The van der Waals surface area contributed by atoms with E-state index in [1.807, 2.05) is 24.9 Å². The minimum Gasteiger partial charge on any atom is -0.351 e. The lowest BCUT2D eigenvalue weighted by molar-refractivity contribution is -0.140. The van der Waals surface area contributed by atoms with Gasteiger partial charge in [0.2, 0.25) is 11.8 Å². The molecule has 1 aromatic heterocycles. The topological polar surface area (TPSA) is 127 Å². The van der Waals surface area contributed by atoms with Crippen LogP contribution in [0.5, 0.6) is 0 Å². The lowest BCUT2D eigenvalue weighted by Crippen LogP contribution is -2.50. The molecule has 1 unspecified atom stereocenters. The number of carbonyl (C=O) groups is 3. The Labute approximate surface area is 183 Å². The summed E-state index contributed by atoms with van der Waals surface area (Å²) in [5.74, 6) is -1.82. The maximum Gasteiger partial charge on any atom is 0.431 e. The lowest BCUT2D eigenvalue weighted by Gasteiger charge is -2.21. The van der Waals surface area contributed by atoms with Gasteiger partial charge in [-0.3, -0.25) is 14.4 Å². The van der Waals surface area contributed by atoms with Crippen LogP contribution in [-0.2, 0) is 15.8 Å². The number of halogens is 3. The number of hydrogen-bond acceptors (Lipinski definition) is 4. The van der Waals surface area contributed by atoms with E-state index in [1.165, 1.54) is 0 Å². The molecule has 2 aliphatic rings. The van der Waals surface area contributed by atoms with Gasteiger partial charge in [-0.15, -0.1) is 0 Å². The number of amides is 3. The van der Waals surface area contributed by atoms with Gasteiger partial charge in [0.15, 0.2) is 0 Å². The van der Waals surface area contributed by atoms with Gasteiger partial charge in [0.1, 0.15) is 23.5 Å². The smallest absolute Gasteiger partial charge is 0.351 e. The number of nitrogens with one attached hydrogen (secondary N) is 4. The van der Waals surface area contributed by atoms with E-state index in [2.05, 4.69) is 16.0 Å². The molecule has 0 aromatic carbocycles. The van der Waals surface area contributed by atoms with Gasteiger partial charge in [-0.1, -0.05) is 12.8 Å². The van der Waals surface area contributed by atoms with Gasteiger partial charge in [-0.2, -0.15) is 18.4 Å². The molecule has 3 amide bonds. The summed E-state index contributed by atoms with van der Waals surface area (Å²) in [5.41, 5.74) is -1.76. The van der Waals surface area contributed by atoms with E-state index in [9.17, 15) is 32.8 Å². The molecule has 8 nitrogen and oxygen atoms in total. The first-order valence-corrected chi connectivity index (χ1v) is 10.5. The molecule has 1 saturated heterocycles. The Hall–Kier alpha value is -3.03. The van der Waals surface area contributed by atoms with Gasteiger partial charge in [0.05, 0.1) is 6.07 Å². The monoisotopic (exact) mass is 453 g/mol. The van der Waals surface area contributed by atoms with Crippen molar-refractivity contribution >= 4 is 17.7 Å². The number of rotatable bonds is 8. The lowest BCUT2D eigenvalue weighted by atomic mass is 9.92. The quantitative estimate of drug-likeness (QED) is 0.481. The summed E-state index contributed by atoms with van der Waals surface area (Å²) in [4.78, 5) is 39.4. The molecular formula is C21H26F3N5O3. The zero-order valence-corrected chi connectivity index (χ0v) is 17.8. The largest absolute Gasteiger partial charge is 0.431 e. The summed E-state index contributed by atoms with van der Waals surface area (Å²) in [5, 5.41) is 17.4. The number of aromatic nitrogens is 1. The summed E-state index contributed by atoms with van der Waals surface area (Å²) in [7, 11) is 0. The van der Waals surface area contributed by atoms with Gasteiger partial charge >= 0.3 is 6.18 Å². The van der Waals surface area contributed by atoms with Crippen molar-refractivity contribution < 1.29 is 27.6 Å². The van der Waals surface area contributed by atoms with Crippen LogP contribution in [0.2, 0.25) is 0 Å². The van der Waals surface area contributed by atoms with E-state index < -0.39 is 41.7 Å². The predicted molar refractivity (Wildman–Crippen MR) is 107 cm³/mol. The van der Waals surface area contributed by atoms with Crippen molar-refractivity contribution in [3.63, 3.8) is 0 Å². The number of nitrogens with zero attached hydrogens (tertiary/aromatic N) is 1. The first-order valence-electron chi connectivity index (χ1n) is 10.5. The Balaban J connectivity index is 1.63. The molecule has 1 aromatic rings. The third-order valence-electron chi connectivity index (χ3n) is 5.71. The second-order valence-electron chi connectivity index (χ2n) is 9.19. The Morgan fingerprint density at radius 3 is 2.44 bits per heavy atom. The summed E-state index contributed by atoms with van der Waals surface area (Å²) in [6.07, 6.45) is -1.87. The molecule has 0 spiro atoms. The van der Waals surface area contributed by atoms with Crippen LogP contribution >= 0.6 is 0 Å². The van der Waals surface area contributed by atoms with Gasteiger partial charge in [-0.05, 0) is 51.2 Å². The van der Waals surface area contributed by atoms with E-state index in [0.717, 1.165) is 25.0 Å². The van der Waals surface area contributed by atoms with Crippen LogP contribution in [0, 0.1) is 23.2 Å². The molecule has 0 bridgehead atoms. The highest BCUT2D eigenvalue weighted by molar-refractivity contribution is 5.96. The first-order chi connectivity index (χ1) is 14.9. The predicted octanol–water partition coefficient (Wildman–Crippen LogP) is 2.25. The highest BCUT2D eigenvalue weighted by Crippen LogP contribution is 2.34. The number of H-pyrrole nitrogens is 1. The average molecular weight is 453 g/mol. The second-order valence-corrected chi connectivity index (χ2v) is 9.19. The summed E-state index contributed by atoms with van der Waals surface area (Å²) in [6, 6.07) is 1.80. The summed E-state index contributed by atoms with van der Waals surface area (Å²) in [6.45, 7) is 3.74. The number of hydrogen-bond donors (Lipinski definition) is 4. The van der Waals surface area contributed by atoms with E-state index >= 15 is 0 Å². The highest BCUT2D eigenvalue weighted by Gasteiger charge is 2.39. The normalized spacial score (nSPS) is 21.9. The highest BCUT2D eigenvalue weighted by atomic mass is 19.4. The van der Waals surface area contributed by atoms with Crippen molar-refractivity contribution in [3.8, 4) is 6.07 Å². The fraction of sp³-hybridized carbons (Fsp3) is 0.619. The number of nitriles is 1. The van der Waals surface area contributed by atoms with Crippen molar-refractivity contribution in [2.24, 2.45) is 11.8 Å². The average Bonchev–Trinajstić information content (AvgIpc) is 3.26. The maximum absolute atomic E-state index is 12.8. The van der Waals surface area contributed by atoms with Crippen molar-refractivity contribution in [1.82, 2.24) is 20.9 Å². The molecule has 4 N–H and O–H groups in total. The van der Waals surface area contributed by atoms with Crippen LogP contribution in [0.15, 0.2) is 12.1 Å². The number of alkyl halides is 3. The first kappa shape index (κ1) is 23.6. The fourth-order valence-corrected chi connectivity index (χ4v) is 3.93. The molecule has 1 aliphatic heterocycles. The van der Waals surface area contributed by atoms with Crippen LogP contribution in [0.4, 0.5) is 13.2 Å². The van der Waals surface area contributed by atoms with Crippen LogP contribution in [0.1, 0.15) is 62.1 Å². The van der Waals surface area contributed by atoms with Crippen molar-refractivity contribution in [2.75, 3.05) is 0 Å². The molecular weight excluding hydrogens is 427 g/mol. The van der Waals surface area contributed by atoms with Gasteiger partial charge in [-0.25, -0.2) is 0 Å². The van der Waals surface area contributed by atoms with E-state index in [4.69, 9.17) is 0 Å². The van der Waals surface area contributed by atoms with Crippen molar-refractivity contribution in [2.45, 2.75) is 69.8 Å². The molecule has 2 heterocycles. The summed E-state index contributed by atoms with van der Waals surface area (Å²) >= 11 is 0. The molecule has 3 atom stereocenters. The standard InChI is InChI=1S/C21H26F3N5O3/c1-20(2)9-12(17(30)29-20)8-13(10-25)26-19(32)15(7-11-3-4-11)28-18(31)14-5-6-16(27-14)21(22,23)24/h5-6,11-13,15,27H,3-4,7-9H2,1-2H3,(H,26,32)(H,28,31)(H,29,30)/t12-,13+,15?/m1/s1. The van der Waals surface area contributed by atoms with Crippen LogP contribution in [0.25, 0.3) is 0 Å². The third-order valence-corrected chi connectivity index (χ3v) is 5.71. The molecule has 174 valence electrons. The second kappa shape index (κ2) is 8.84. The van der Waals surface area contributed by atoms with Crippen LogP contribution in [0.3, 0.4) is 0 Å². The zero-order chi connectivity index (χ0) is 23.7. The third kappa shape index (κ3) is 6.02. The SMILES string of the molecule is CC1(C)C[C@@H](C[C@@H](C#N)NC(=O)C(CC2CC2)NC(=O)c2ccc(C(F)(F)F)[nH]2)C(=O)N1. The van der Waals surface area contributed by atoms with E-state index in [1.54, 1.807) is 0 Å². The van der Waals surface area contributed by atoms with Crippen molar-refractivity contribution in [3.05, 3.63) is 23.5 Å². The maximum atomic E-state index is 12.8. The fourth-order valence-electron chi connectivity index (χ4n) is 3.93. The van der Waals surface area contributed by atoms with E-state index in [0.29, 0.717) is 12.8 Å². The molecule has 32 heavy (non-hydrogen) atoms. The van der Waals surface area contributed by atoms with Gasteiger partial charge in [0.25, 0.3) is 5.91 Å². The molecule has 3 rings (SSSR count). The Bertz CT molecular complexity index is 930. The Morgan fingerprint density at radius 2 is 1.94 bits per heavy atom. The van der Waals surface area contributed by atoms with Gasteiger partial charge in [0, 0.05) is 11.5 Å². The molecule has 1 saturated carbocycles. The molecule has 2 fully saturated rings. The minimum absolute atomic E-state index is 0.132. The zero-order valence-electron chi connectivity index (χ0n) is 17.8. The van der Waals surface area contributed by atoms with Crippen LogP contribution < -0.4 is 16.0 Å². The molecule has 1 aliphatic carbocycles. The molecule has 0 radical (unpaired) electrons. The van der Waals surface area contributed by atoms with Crippen molar-refractivity contribution in [1.29, 1.82) is 5.26 Å². The van der Waals surface area contributed by atoms with Gasteiger partial charge < -0.3 is 20.9 Å². The number of aromatic amines is 1. The van der Waals surface area contributed by atoms with Crippen LogP contribution in [-0.4, -0.2) is 40.3 Å². The summed E-state index contributed by atoms with van der Waals surface area (Å²) < 4.78 is 38.3. The van der Waals surface area contributed by atoms with E-state index in [-0.39, 0.29) is 29.5 Å².